The van der Waals surface area contributed by atoms with E-state index in [1.807, 2.05) is 6.92 Å². The monoisotopic (exact) mass is 272 g/mol. The lowest BCUT2D eigenvalue weighted by Gasteiger charge is -2.33. The first-order valence-corrected chi connectivity index (χ1v) is 7.66. The number of ether oxygens (including phenoxy) is 1. The standard InChI is InChI=1S/C14H28N2OS/c1-4-17-9-5-8-15-14(18)16-13-7-6-11(2)12(3)10-13/h11-13H,4-10H2,1-3H3,(H2,15,16,18). The number of hydrogen-bond donors (Lipinski definition) is 2. The molecule has 0 amide bonds. The van der Waals surface area contributed by atoms with Crippen molar-refractivity contribution in [2.45, 2.75) is 52.5 Å². The SMILES string of the molecule is CCOCCCNC(=S)NC1CCC(C)C(C)C1. The molecule has 3 atom stereocenters. The van der Waals surface area contributed by atoms with Gasteiger partial charge in [-0.25, -0.2) is 0 Å². The fourth-order valence-electron chi connectivity index (χ4n) is 2.44. The number of nitrogens with one attached hydrogen (secondary N) is 2. The lowest BCUT2D eigenvalue weighted by atomic mass is 9.79. The zero-order chi connectivity index (χ0) is 13.4. The molecule has 3 unspecified atom stereocenters. The summed E-state index contributed by atoms with van der Waals surface area (Å²) < 4.78 is 5.29. The van der Waals surface area contributed by atoms with Crippen molar-refractivity contribution in [3.63, 3.8) is 0 Å². The molecule has 1 fully saturated rings. The van der Waals surface area contributed by atoms with Gasteiger partial charge in [-0.15, -0.1) is 0 Å². The Morgan fingerprint density at radius 2 is 2.06 bits per heavy atom. The van der Waals surface area contributed by atoms with Gasteiger partial charge in [0.05, 0.1) is 0 Å². The molecule has 3 nitrogen and oxygen atoms in total. The molecule has 0 heterocycles. The van der Waals surface area contributed by atoms with Gasteiger partial charge in [0.25, 0.3) is 0 Å². The molecule has 18 heavy (non-hydrogen) atoms. The van der Waals surface area contributed by atoms with Crippen molar-refractivity contribution >= 4 is 17.3 Å². The molecule has 0 bridgehead atoms. The van der Waals surface area contributed by atoms with E-state index in [4.69, 9.17) is 17.0 Å². The normalized spacial score (nSPS) is 27.8. The summed E-state index contributed by atoms with van der Waals surface area (Å²) in [7, 11) is 0. The van der Waals surface area contributed by atoms with E-state index in [1.165, 1.54) is 19.3 Å². The Morgan fingerprint density at radius 3 is 2.72 bits per heavy atom. The highest BCUT2D eigenvalue weighted by Crippen LogP contribution is 2.29. The van der Waals surface area contributed by atoms with Crippen LogP contribution < -0.4 is 10.6 Å². The second-order valence-electron chi connectivity index (χ2n) is 5.42. The summed E-state index contributed by atoms with van der Waals surface area (Å²) in [6.07, 6.45) is 4.80. The Morgan fingerprint density at radius 1 is 1.28 bits per heavy atom. The van der Waals surface area contributed by atoms with Crippen molar-refractivity contribution in [2.24, 2.45) is 11.8 Å². The van der Waals surface area contributed by atoms with Crippen molar-refractivity contribution < 1.29 is 4.74 Å². The highest BCUT2D eigenvalue weighted by atomic mass is 32.1. The first-order valence-electron chi connectivity index (χ1n) is 7.25. The summed E-state index contributed by atoms with van der Waals surface area (Å²) in [4.78, 5) is 0. The second-order valence-corrected chi connectivity index (χ2v) is 5.82. The maximum Gasteiger partial charge on any atom is 0.166 e. The minimum atomic E-state index is 0.558. The lowest BCUT2D eigenvalue weighted by molar-refractivity contribution is 0.145. The lowest BCUT2D eigenvalue weighted by Crippen LogP contribution is -2.45. The van der Waals surface area contributed by atoms with E-state index in [-0.39, 0.29) is 0 Å². The molecule has 1 saturated carbocycles. The summed E-state index contributed by atoms with van der Waals surface area (Å²) in [5.74, 6) is 1.66. The molecule has 0 aromatic carbocycles. The third-order valence-electron chi connectivity index (χ3n) is 3.89. The zero-order valence-electron chi connectivity index (χ0n) is 12.0. The fourth-order valence-corrected chi connectivity index (χ4v) is 2.70. The van der Waals surface area contributed by atoms with Gasteiger partial charge < -0.3 is 15.4 Å². The average Bonchev–Trinajstić information content (AvgIpc) is 2.34. The Labute approximate surface area is 117 Å². The molecule has 2 N–H and O–H groups in total. The van der Waals surface area contributed by atoms with Gasteiger partial charge in [0.2, 0.25) is 0 Å². The molecule has 1 aliphatic carbocycles. The molecule has 0 radical (unpaired) electrons. The van der Waals surface area contributed by atoms with Crippen molar-refractivity contribution in [2.75, 3.05) is 19.8 Å². The Balaban J connectivity index is 2.09. The van der Waals surface area contributed by atoms with Crippen molar-refractivity contribution in [3.05, 3.63) is 0 Å². The van der Waals surface area contributed by atoms with E-state index < -0.39 is 0 Å². The third-order valence-corrected chi connectivity index (χ3v) is 4.15. The maximum atomic E-state index is 5.32. The molecule has 0 aromatic heterocycles. The van der Waals surface area contributed by atoms with Crippen molar-refractivity contribution in [1.29, 1.82) is 0 Å². The summed E-state index contributed by atoms with van der Waals surface area (Å²) in [6.45, 7) is 9.21. The highest BCUT2D eigenvalue weighted by molar-refractivity contribution is 7.80. The van der Waals surface area contributed by atoms with E-state index in [1.54, 1.807) is 0 Å². The predicted octanol–water partition coefficient (Wildman–Crippen LogP) is 2.70. The topological polar surface area (TPSA) is 33.3 Å². The van der Waals surface area contributed by atoms with Gasteiger partial charge in [-0.05, 0) is 56.7 Å². The highest BCUT2D eigenvalue weighted by Gasteiger charge is 2.24. The van der Waals surface area contributed by atoms with E-state index in [2.05, 4.69) is 24.5 Å². The third kappa shape index (κ3) is 6.01. The Hall–Kier alpha value is -0.350. The Bertz CT molecular complexity index is 248. The van der Waals surface area contributed by atoms with Crippen LogP contribution >= 0.6 is 12.2 Å². The minimum absolute atomic E-state index is 0.558. The molecule has 1 rings (SSSR count). The van der Waals surface area contributed by atoms with Crippen molar-refractivity contribution in [1.82, 2.24) is 10.6 Å². The largest absolute Gasteiger partial charge is 0.382 e. The first-order chi connectivity index (χ1) is 8.63. The smallest absolute Gasteiger partial charge is 0.166 e. The van der Waals surface area contributed by atoms with Gasteiger partial charge in [0.1, 0.15) is 0 Å². The zero-order valence-corrected chi connectivity index (χ0v) is 12.8. The molecular weight excluding hydrogens is 244 g/mol. The second kappa shape index (κ2) is 8.70. The van der Waals surface area contributed by atoms with Crippen molar-refractivity contribution in [3.8, 4) is 0 Å². The predicted molar refractivity (Wildman–Crippen MR) is 80.8 cm³/mol. The van der Waals surface area contributed by atoms with Gasteiger partial charge in [-0.2, -0.15) is 0 Å². The van der Waals surface area contributed by atoms with Crippen LogP contribution in [-0.2, 0) is 4.74 Å². The van der Waals surface area contributed by atoms with E-state index in [9.17, 15) is 0 Å². The van der Waals surface area contributed by atoms with E-state index >= 15 is 0 Å². The summed E-state index contributed by atoms with van der Waals surface area (Å²) in [6, 6.07) is 0.558. The number of hydrogen-bond acceptors (Lipinski definition) is 2. The summed E-state index contributed by atoms with van der Waals surface area (Å²) in [5, 5.41) is 7.50. The maximum absolute atomic E-state index is 5.32. The van der Waals surface area contributed by atoms with Gasteiger partial charge >= 0.3 is 0 Å². The molecule has 0 aliphatic heterocycles. The number of thiocarbonyl (C=S) groups is 1. The summed E-state index contributed by atoms with van der Waals surface area (Å²) >= 11 is 5.32. The van der Waals surface area contributed by atoms with Crippen LogP contribution in [0.5, 0.6) is 0 Å². The molecule has 0 spiro atoms. The fraction of sp³-hybridized carbons (Fsp3) is 0.929. The Kier molecular flexibility index (Phi) is 7.59. The van der Waals surface area contributed by atoms with Gasteiger partial charge in [0.15, 0.2) is 5.11 Å². The minimum Gasteiger partial charge on any atom is -0.382 e. The summed E-state index contributed by atoms with van der Waals surface area (Å²) in [5.41, 5.74) is 0. The molecule has 106 valence electrons. The van der Waals surface area contributed by atoms with Crippen LogP contribution in [0.2, 0.25) is 0 Å². The van der Waals surface area contributed by atoms with E-state index in [0.717, 1.165) is 43.1 Å². The number of rotatable bonds is 6. The van der Waals surface area contributed by atoms with Crippen LogP contribution in [-0.4, -0.2) is 30.9 Å². The quantitative estimate of drug-likeness (QED) is 0.575. The molecule has 0 aromatic rings. The van der Waals surface area contributed by atoms with Gasteiger partial charge in [0, 0.05) is 25.8 Å². The van der Waals surface area contributed by atoms with Gasteiger partial charge in [-0.1, -0.05) is 13.8 Å². The molecule has 0 saturated heterocycles. The molecule has 1 aliphatic rings. The van der Waals surface area contributed by atoms with Crippen LogP contribution in [0.25, 0.3) is 0 Å². The van der Waals surface area contributed by atoms with Crippen LogP contribution in [0.1, 0.15) is 46.5 Å². The molecular formula is C14H28N2OS. The average molecular weight is 272 g/mol. The van der Waals surface area contributed by atoms with Crippen LogP contribution in [0, 0.1) is 11.8 Å². The van der Waals surface area contributed by atoms with E-state index in [0.29, 0.717) is 6.04 Å². The van der Waals surface area contributed by atoms with Gasteiger partial charge in [-0.3, -0.25) is 0 Å². The van der Waals surface area contributed by atoms with Crippen LogP contribution in [0.15, 0.2) is 0 Å². The molecule has 4 heteroatoms. The van der Waals surface area contributed by atoms with Crippen LogP contribution in [0.4, 0.5) is 0 Å². The van der Waals surface area contributed by atoms with Crippen LogP contribution in [0.3, 0.4) is 0 Å². The first kappa shape index (κ1) is 15.7.